The summed E-state index contributed by atoms with van der Waals surface area (Å²) in [6.07, 6.45) is -0.789. The van der Waals surface area contributed by atoms with Crippen LogP contribution in [0.5, 0.6) is 0 Å². The molecule has 2 aromatic rings. The first kappa shape index (κ1) is 18.8. The Bertz CT molecular complexity index is 875. The van der Waals surface area contributed by atoms with Gasteiger partial charge in [-0.1, -0.05) is 42.5 Å². The number of Topliss-reactive ketones (excluding diaryl/α,β-unsaturated/α-hetero) is 1. The number of carbonyl (C=O) groups is 3. The maximum Gasteiger partial charge on any atom is 0.312 e. The van der Waals surface area contributed by atoms with Crippen molar-refractivity contribution >= 4 is 23.3 Å². The molecule has 0 N–H and O–H groups in total. The summed E-state index contributed by atoms with van der Waals surface area (Å²) >= 11 is 0. The van der Waals surface area contributed by atoms with Crippen LogP contribution in [-0.2, 0) is 14.3 Å². The predicted molar refractivity (Wildman–Crippen MR) is 103 cm³/mol. The number of anilines is 1. The van der Waals surface area contributed by atoms with E-state index in [1.165, 1.54) is 0 Å². The van der Waals surface area contributed by atoms with E-state index < -0.39 is 18.0 Å². The van der Waals surface area contributed by atoms with Crippen molar-refractivity contribution in [2.45, 2.75) is 33.3 Å². The van der Waals surface area contributed by atoms with Crippen molar-refractivity contribution in [3.8, 4) is 0 Å². The quantitative estimate of drug-likeness (QED) is 0.601. The Morgan fingerprint density at radius 2 is 1.81 bits per heavy atom. The Kier molecular flexibility index (Phi) is 5.40. The first-order chi connectivity index (χ1) is 12.9. The number of ether oxygens (including phenoxy) is 1. The van der Waals surface area contributed by atoms with Crippen molar-refractivity contribution in [1.82, 2.24) is 0 Å². The third-order valence-electron chi connectivity index (χ3n) is 4.83. The van der Waals surface area contributed by atoms with E-state index in [0.717, 1.165) is 16.8 Å². The average Bonchev–Trinajstić information content (AvgIpc) is 3.05. The van der Waals surface area contributed by atoms with Gasteiger partial charge in [0, 0.05) is 24.2 Å². The molecule has 1 heterocycles. The Balaban J connectivity index is 1.67. The van der Waals surface area contributed by atoms with E-state index in [0.29, 0.717) is 5.56 Å². The van der Waals surface area contributed by atoms with Crippen LogP contribution in [0.25, 0.3) is 0 Å². The van der Waals surface area contributed by atoms with Gasteiger partial charge in [0.2, 0.25) is 11.7 Å². The number of carbonyl (C=O) groups excluding carboxylic acids is 3. The monoisotopic (exact) mass is 365 g/mol. The van der Waals surface area contributed by atoms with Crippen LogP contribution in [0, 0.1) is 19.8 Å². The normalized spacial score (nSPS) is 17.7. The molecule has 0 bridgehead atoms. The lowest BCUT2D eigenvalue weighted by atomic mass is 10.1. The second-order valence-corrected chi connectivity index (χ2v) is 7.00. The van der Waals surface area contributed by atoms with Gasteiger partial charge in [-0.15, -0.1) is 0 Å². The second kappa shape index (κ2) is 7.74. The molecule has 0 saturated carbocycles. The van der Waals surface area contributed by atoms with Crippen LogP contribution < -0.4 is 4.90 Å². The molecule has 2 aromatic carbocycles. The Morgan fingerprint density at radius 1 is 1.11 bits per heavy atom. The molecule has 0 spiro atoms. The van der Waals surface area contributed by atoms with Gasteiger partial charge in [0.05, 0.1) is 5.92 Å². The molecule has 27 heavy (non-hydrogen) atoms. The minimum Gasteiger partial charge on any atom is -0.454 e. The van der Waals surface area contributed by atoms with Gasteiger partial charge >= 0.3 is 5.97 Å². The number of nitrogens with zero attached hydrogens (tertiary/aromatic N) is 1. The highest BCUT2D eigenvalue weighted by atomic mass is 16.5. The third kappa shape index (κ3) is 4.08. The number of amides is 1. The molecule has 1 saturated heterocycles. The number of esters is 1. The molecule has 5 nitrogen and oxygen atoms in total. The Labute approximate surface area is 158 Å². The Morgan fingerprint density at radius 3 is 2.52 bits per heavy atom. The summed E-state index contributed by atoms with van der Waals surface area (Å²) in [5.41, 5.74) is 3.35. The molecule has 2 atom stereocenters. The number of aryl methyl sites for hydroxylation is 2. The van der Waals surface area contributed by atoms with Crippen LogP contribution in [0.1, 0.15) is 34.8 Å². The van der Waals surface area contributed by atoms with Crippen LogP contribution in [0.15, 0.2) is 48.5 Å². The van der Waals surface area contributed by atoms with E-state index in [-0.39, 0.29) is 24.7 Å². The SMILES string of the molecule is Cc1ccc(C)c(N2C[C@H](C(=O)O[C@H](C)C(=O)c3ccccc3)CC2=O)c1. The lowest BCUT2D eigenvalue weighted by Gasteiger charge is -2.20. The average molecular weight is 365 g/mol. The summed E-state index contributed by atoms with van der Waals surface area (Å²) in [5.74, 6) is -1.43. The van der Waals surface area contributed by atoms with E-state index in [1.807, 2.05) is 38.1 Å². The predicted octanol–water partition coefficient (Wildman–Crippen LogP) is 3.47. The van der Waals surface area contributed by atoms with Gasteiger partial charge < -0.3 is 9.64 Å². The van der Waals surface area contributed by atoms with E-state index in [2.05, 4.69) is 0 Å². The highest BCUT2D eigenvalue weighted by Crippen LogP contribution is 2.29. The molecule has 1 amide bonds. The molecular weight excluding hydrogens is 342 g/mol. The summed E-state index contributed by atoms with van der Waals surface area (Å²) in [7, 11) is 0. The molecule has 0 aliphatic carbocycles. The van der Waals surface area contributed by atoms with Gasteiger partial charge in [-0.05, 0) is 38.0 Å². The molecule has 1 aliphatic heterocycles. The zero-order valence-corrected chi connectivity index (χ0v) is 15.8. The highest BCUT2D eigenvalue weighted by molar-refractivity contribution is 6.02. The first-order valence-corrected chi connectivity index (χ1v) is 9.04. The molecule has 0 unspecified atom stereocenters. The first-order valence-electron chi connectivity index (χ1n) is 9.04. The van der Waals surface area contributed by atoms with Crippen LogP contribution >= 0.6 is 0 Å². The number of ketones is 1. The van der Waals surface area contributed by atoms with Crippen molar-refractivity contribution < 1.29 is 19.1 Å². The molecule has 0 radical (unpaired) electrons. The summed E-state index contributed by atoms with van der Waals surface area (Å²) < 4.78 is 5.37. The van der Waals surface area contributed by atoms with Crippen molar-refractivity contribution in [3.63, 3.8) is 0 Å². The Hall–Kier alpha value is -2.95. The summed E-state index contributed by atoms with van der Waals surface area (Å²) in [6, 6.07) is 14.6. The zero-order valence-electron chi connectivity index (χ0n) is 15.8. The molecule has 3 rings (SSSR count). The van der Waals surface area contributed by atoms with Crippen LogP contribution in [0.3, 0.4) is 0 Å². The standard InChI is InChI=1S/C22H23NO4/c1-14-9-10-15(2)19(11-14)23-13-18(12-20(23)24)22(26)27-16(3)21(25)17-7-5-4-6-8-17/h4-11,16,18H,12-13H2,1-3H3/t16-,18-/m1/s1. The number of benzene rings is 2. The largest absolute Gasteiger partial charge is 0.454 e. The van der Waals surface area contributed by atoms with Crippen molar-refractivity contribution in [2.24, 2.45) is 5.92 Å². The van der Waals surface area contributed by atoms with Crippen LogP contribution in [-0.4, -0.2) is 30.3 Å². The van der Waals surface area contributed by atoms with Gasteiger partial charge in [-0.25, -0.2) is 0 Å². The van der Waals surface area contributed by atoms with Gasteiger partial charge in [0.15, 0.2) is 6.10 Å². The summed E-state index contributed by atoms with van der Waals surface area (Å²) in [4.78, 5) is 39.0. The number of hydrogen-bond acceptors (Lipinski definition) is 4. The van der Waals surface area contributed by atoms with Gasteiger partial charge in [0.1, 0.15) is 0 Å². The fraction of sp³-hybridized carbons (Fsp3) is 0.318. The second-order valence-electron chi connectivity index (χ2n) is 7.00. The molecule has 5 heteroatoms. The maximum absolute atomic E-state index is 12.5. The zero-order chi connectivity index (χ0) is 19.6. The molecular formula is C22H23NO4. The van der Waals surface area contributed by atoms with E-state index in [9.17, 15) is 14.4 Å². The topological polar surface area (TPSA) is 63.7 Å². The lowest BCUT2D eigenvalue weighted by molar-refractivity contribution is -0.151. The lowest BCUT2D eigenvalue weighted by Crippen LogP contribution is -2.30. The highest BCUT2D eigenvalue weighted by Gasteiger charge is 2.37. The molecule has 1 fully saturated rings. The van der Waals surface area contributed by atoms with E-state index in [4.69, 9.17) is 4.74 Å². The maximum atomic E-state index is 12.5. The minimum absolute atomic E-state index is 0.0957. The van der Waals surface area contributed by atoms with Gasteiger partial charge in [-0.3, -0.25) is 14.4 Å². The van der Waals surface area contributed by atoms with E-state index in [1.54, 1.807) is 36.1 Å². The van der Waals surface area contributed by atoms with Crippen LogP contribution in [0.2, 0.25) is 0 Å². The summed E-state index contributed by atoms with van der Waals surface area (Å²) in [5, 5.41) is 0. The summed E-state index contributed by atoms with van der Waals surface area (Å²) in [6.45, 7) is 5.74. The van der Waals surface area contributed by atoms with Crippen molar-refractivity contribution in [2.75, 3.05) is 11.4 Å². The fourth-order valence-electron chi connectivity index (χ4n) is 3.27. The molecule has 140 valence electrons. The number of rotatable bonds is 5. The fourth-order valence-corrected chi connectivity index (χ4v) is 3.27. The van der Waals surface area contributed by atoms with Crippen molar-refractivity contribution in [1.29, 1.82) is 0 Å². The third-order valence-corrected chi connectivity index (χ3v) is 4.83. The van der Waals surface area contributed by atoms with Crippen LogP contribution in [0.4, 0.5) is 5.69 Å². The minimum atomic E-state index is -0.884. The van der Waals surface area contributed by atoms with E-state index >= 15 is 0 Å². The smallest absolute Gasteiger partial charge is 0.312 e. The van der Waals surface area contributed by atoms with Gasteiger partial charge in [0.25, 0.3) is 0 Å². The molecule has 0 aromatic heterocycles. The van der Waals surface area contributed by atoms with Gasteiger partial charge in [-0.2, -0.15) is 0 Å². The number of hydrogen-bond donors (Lipinski definition) is 0. The van der Waals surface area contributed by atoms with Crippen molar-refractivity contribution in [3.05, 3.63) is 65.2 Å². The molecule has 1 aliphatic rings.